The molecule has 5 nitrogen and oxygen atoms in total. The number of anilines is 4. The fourth-order valence-corrected chi connectivity index (χ4v) is 13.0. The summed E-state index contributed by atoms with van der Waals surface area (Å²) in [7, 11) is 0. The van der Waals surface area contributed by atoms with Crippen molar-refractivity contribution in [2.75, 3.05) is 16.5 Å². The quantitative estimate of drug-likeness (QED) is 0.166. The maximum Gasteiger partial charge on any atom is 0.145 e. The lowest BCUT2D eigenvalue weighted by molar-refractivity contribution is 0.483. The van der Waals surface area contributed by atoms with Crippen LogP contribution in [0.4, 0.5) is 22.7 Å². The van der Waals surface area contributed by atoms with Crippen LogP contribution in [0.25, 0.3) is 115 Å². The minimum absolute atomic E-state index is 0.597. The zero-order chi connectivity index (χ0) is 51.4. The number of rotatable bonds is 6. The molecule has 0 saturated heterocycles. The van der Waals surface area contributed by atoms with Crippen LogP contribution >= 0.6 is 0 Å². The SMILES string of the molecule is Cc1ccccc1-c1cccc2c3cccc4c5ccc(Oc6ccc7c(c6)N6CN(c8c(-c9ccccc9)cccc8-c8ccccc8)c8cccc(c86)-c6ccccc6-7)cc5n(c5ncccc5c5ccccc5c12)c34. The van der Waals surface area contributed by atoms with Crippen LogP contribution in [0, 0.1) is 6.92 Å². The first-order valence-electron chi connectivity index (χ1n) is 26.8. The fourth-order valence-electron chi connectivity index (χ4n) is 13.0. The van der Waals surface area contributed by atoms with Crippen molar-refractivity contribution in [3.05, 3.63) is 267 Å². The molecule has 5 heterocycles. The summed E-state index contributed by atoms with van der Waals surface area (Å²) in [6.07, 6.45) is 1.92. The third-order valence-corrected chi connectivity index (χ3v) is 16.4. The van der Waals surface area contributed by atoms with E-state index in [0.717, 1.165) is 72.0 Å². The third-order valence-electron chi connectivity index (χ3n) is 16.4. The monoisotopic (exact) mass is 996 g/mol. The van der Waals surface area contributed by atoms with Crippen LogP contribution in [-0.4, -0.2) is 16.1 Å². The molecule has 0 N–H and O–H groups in total. The number of ether oxygens (including phenoxy) is 1. The highest BCUT2D eigenvalue weighted by molar-refractivity contribution is 6.27. The fraction of sp³-hybridized carbons (Fsp3) is 0.0274. The van der Waals surface area contributed by atoms with E-state index in [1.165, 1.54) is 83.2 Å². The van der Waals surface area contributed by atoms with Crippen molar-refractivity contribution in [3.8, 4) is 67.1 Å². The minimum Gasteiger partial charge on any atom is -0.457 e. The summed E-state index contributed by atoms with van der Waals surface area (Å²) in [6, 6.07) is 92.6. The number of hydrogen-bond acceptors (Lipinski definition) is 4. The molecule has 366 valence electrons. The molecule has 0 atom stereocenters. The van der Waals surface area contributed by atoms with Crippen LogP contribution in [-0.2, 0) is 0 Å². The minimum atomic E-state index is 0.597. The van der Waals surface area contributed by atoms with E-state index >= 15 is 0 Å². The second-order valence-electron chi connectivity index (χ2n) is 20.6. The second kappa shape index (κ2) is 17.4. The first kappa shape index (κ1) is 44.1. The average molecular weight is 997 g/mol. The summed E-state index contributed by atoms with van der Waals surface area (Å²) in [6.45, 7) is 2.81. The molecule has 14 aromatic rings. The number of aryl methyl sites for hydroxylation is 1. The lowest BCUT2D eigenvalue weighted by Gasteiger charge is -2.28. The van der Waals surface area contributed by atoms with Crippen molar-refractivity contribution in [3.63, 3.8) is 0 Å². The highest BCUT2D eigenvalue weighted by Gasteiger charge is 2.37. The van der Waals surface area contributed by atoms with Gasteiger partial charge in [0.2, 0.25) is 0 Å². The summed E-state index contributed by atoms with van der Waals surface area (Å²) in [5, 5.41) is 9.21. The van der Waals surface area contributed by atoms with Crippen LogP contribution in [0.15, 0.2) is 261 Å². The maximum absolute atomic E-state index is 7.17. The molecule has 0 radical (unpaired) electrons. The van der Waals surface area contributed by atoms with Crippen molar-refractivity contribution in [2.45, 2.75) is 6.92 Å². The Kier molecular flexibility index (Phi) is 9.85. The van der Waals surface area contributed by atoms with Gasteiger partial charge in [-0.15, -0.1) is 0 Å². The van der Waals surface area contributed by atoms with Gasteiger partial charge in [0.1, 0.15) is 23.8 Å². The van der Waals surface area contributed by atoms with Crippen LogP contribution in [0.1, 0.15) is 5.56 Å². The highest BCUT2D eigenvalue weighted by atomic mass is 16.5. The van der Waals surface area contributed by atoms with E-state index in [0.29, 0.717) is 6.67 Å². The summed E-state index contributed by atoms with van der Waals surface area (Å²) >= 11 is 0. The number of nitrogens with zero attached hydrogens (tertiary/aromatic N) is 4. The van der Waals surface area contributed by atoms with Crippen LogP contribution < -0.4 is 14.5 Å². The Balaban J connectivity index is 0.896. The molecule has 2 aliphatic rings. The molecule has 0 spiro atoms. The first-order valence-corrected chi connectivity index (χ1v) is 26.8. The summed E-state index contributed by atoms with van der Waals surface area (Å²) < 4.78 is 9.56. The predicted molar refractivity (Wildman–Crippen MR) is 326 cm³/mol. The number of para-hydroxylation sites is 3. The molecule has 0 amide bonds. The molecule has 0 fully saturated rings. The van der Waals surface area contributed by atoms with Gasteiger partial charge in [0.05, 0.1) is 33.8 Å². The van der Waals surface area contributed by atoms with Crippen molar-refractivity contribution < 1.29 is 4.74 Å². The Morgan fingerprint density at radius 3 is 1.68 bits per heavy atom. The predicted octanol–water partition coefficient (Wildman–Crippen LogP) is 19.7. The standard InChI is InChI=1S/C73H48N4O/c1-46-19-8-9-24-51(46)59-31-15-32-61-64-34-16-33-63-58-41-39-50(44-68(58)77(71(63)64)73-65(36-18-42-74-73)56-27-12-13-28-60(56)69(59)61)78-49-38-40-57-54-25-10-11-26-55(54)62-35-17-37-66-72(62)76(67(57)43-49)45-75(66)70-52(47-20-4-2-5-21-47)29-14-30-53(70)48-22-6-3-7-23-48/h2-44H,45H2,1H3. The molecule has 16 rings (SSSR count). The maximum atomic E-state index is 7.17. The molecule has 0 saturated carbocycles. The molecule has 0 aliphatic carbocycles. The van der Waals surface area contributed by atoms with Gasteiger partial charge in [-0.3, -0.25) is 4.40 Å². The number of hydrogen-bond donors (Lipinski definition) is 0. The first-order chi connectivity index (χ1) is 38.6. The third kappa shape index (κ3) is 6.65. The molecule has 3 aromatic heterocycles. The van der Waals surface area contributed by atoms with E-state index in [1.807, 2.05) is 6.20 Å². The van der Waals surface area contributed by atoms with E-state index in [-0.39, 0.29) is 0 Å². The van der Waals surface area contributed by atoms with Gasteiger partial charge >= 0.3 is 0 Å². The smallest absolute Gasteiger partial charge is 0.145 e. The van der Waals surface area contributed by atoms with Gasteiger partial charge in [0.15, 0.2) is 0 Å². The van der Waals surface area contributed by atoms with Crippen LogP contribution in [0.5, 0.6) is 11.5 Å². The Labute approximate surface area is 451 Å². The normalized spacial score (nSPS) is 12.6. The Hall–Kier alpha value is -10.2. The molecule has 5 heteroatoms. The van der Waals surface area contributed by atoms with Gasteiger partial charge in [0.25, 0.3) is 0 Å². The molecule has 0 bridgehead atoms. The average Bonchev–Trinajstić information content (AvgIpc) is 4.19. The topological polar surface area (TPSA) is 33.0 Å². The van der Waals surface area contributed by atoms with Gasteiger partial charge in [0, 0.05) is 62.1 Å². The number of benzene rings is 11. The van der Waals surface area contributed by atoms with E-state index in [2.05, 4.69) is 276 Å². The summed E-state index contributed by atoms with van der Waals surface area (Å²) in [5.41, 5.74) is 20.8. The molecule has 0 unspecified atom stereocenters. The van der Waals surface area contributed by atoms with Gasteiger partial charge in [-0.2, -0.15) is 0 Å². The van der Waals surface area contributed by atoms with Crippen molar-refractivity contribution in [1.29, 1.82) is 0 Å². The van der Waals surface area contributed by atoms with E-state index in [1.54, 1.807) is 0 Å². The Morgan fingerprint density at radius 1 is 0.359 bits per heavy atom. The number of fused-ring (bicyclic) bond motifs is 15. The largest absolute Gasteiger partial charge is 0.457 e. The van der Waals surface area contributed by atoms with E-state index < -0.39 is 0 Å². The molecule has 11 aromatic carbocycles. The molecular weight excluding hydrogens is 949 g/mol. The lowest BCUT2D eigenvalue weighted by atomic mass is 9.92. The van der Waals surface area contributed by atoms with Gasteiger partial charge < -0.3 is 14.5 Å². The zero-order valence-corrected chi connectivity index (χ0v) is 42.7. The molecular formula is C73H48N4O. The highest BCUT2D eigenvalue weighted by Crippen LogP contribution is 2.58. The molecule has 78 heavy (non-hydrogen) atoms. The van der Waals surface area contributed by atoms with Crippen LogP contribution in [0.3, 0.4) is 0 Å². The van der Waals surface area contributed by atoms with Crippen molar-refractivity contribution >= 4 is 82.5 Å². The van der Waals surface area contributed by atoms with Gasteiger partial charge in [-0.25, -0.2) is 4.98 Å². The van der Waals surface area contributed by atoms with Crippen molar-refractivity contribution in [1.82, 2.24) is 9.38 Å². The lowest BCUT2D eigenvalue weighted by Crippen LogP contribution is -2.25. The van der Waals surface area contributed by atoms with E-state index in [9.17, 15) is 0 Å². The zero-order valence-electron chi connectivity index (χ0n) is 42.7. The van der Waals surface area contributed by atoms with Gasteiger partial charge in [-0.05, 0) is 110 Å². The summed E-state index contributed by atoms with van der Waals surface area (Å²) in [4.78, 5) is 10.3. The molecule has 2 aliphatic heterocycles. The second-order valence-corrected chi connectivity index (χ2v) is 20.6. The number of aromatic nitrogens is 2. The Bertz CT molecular complexity index is 4770. The van der Waals surface area contributed by atoms with Gasteiger partial charge in [-0.1, -0.05) is 200 Å². The summed E-state index contributed by atoms with van der Waals surface area (Å²) in [5.74, 6) is 1.50. The van der Waals surface area contributed by atoms with Crippen molar-refractivity contribution in [2.24, 2.45) is 0 Å². The van der Waals surface area contributed by atoms with E-state index in [4.69, 9.17) is 9.72 Å². The number of pyridine rings is 1. The van der Waals surface area contributed by atoms with Crippen LogP contribution in [0.2, 0.25) is 0 Å². The Morgan fingerprint density at radius 2 is 0.897 bits per heavy atom.